The molecule has 4 N–H and O–H groups in total. The number of amides is 3. The van der Waals surface area contributed by atoms with Crippen molar-refractivity contribution >= 4 is 51.3 Å². The molecule has 2 aliphatic rings. The Bertz CT molecular complexity index is 2300. The number of aliphatic imine (C=N–C) groups is 1. The third-order valence-electron chi connectivity index (χ3n) is 10.6. The van der Waals surface area contributed by atoms with Gasteiger partial charge in [-0.3, -0.25) is 23.9 Å². The number of β-amino-alcohol motifs (C(OH)–C–C–N with tert-alkyl or cyclic N) is 1. The maximum atomic E-state index is 14.0. The number of anilines is 1. The van der Waals surface area contributed by atoms with Crippen molar-refractivity contribution in [3.05, 3.63) is 52.6 Å². The third-order valence-corrected chi connectivity index (χ3v) is 11.5. The number of urea groups is 1. The summed E-state index contributed by atoms with van der Waals surface area (Å²) in [5.41, 5.74) is 8.19. The highest BCUT2D eigenvalue weighted by atomic mass is 32.2. The van der Waals surface area contributed by atoms with Gasteiger partial charge < -0.3 is 67.8 Å². The number of nitrogens with two attached hydrogens (primary N) is 1. The molecule has 77 heavy (non-hydrogen) atoms. The molecule has 0 spiro atoms. The lowest BCUT2D eigenvalue weighted by molar-refractivity contribution is -0.180. The minimum Gasteiger partial charge on any atom is -0.420 e. The van der Waals surface area contributed by atoms with Crippen LogP contribution in [-0.4, -0.2) is 216 Å². The minimum absolute atomic E-state index is 0.0138. The molecule has 1 atom stereocenters. The van der Waals surface area contributed by atoms with Crippen molar-refractivity contribution < 1.29 is 107 Å². The number of esters is 1. The van der Waals surface area contributed by atoms with Gasteiger partial charge in [0.1, 0.15) is 5.84 Å². The first-order chi connectivity index (χ1) is 37.1. The molecule has 3 amide bonds. The Hall–Kier alpha value is -4.99. The fraction of sp³-hybridized carbons (Fsp3) is 0.625. The Morgan fingerprint density at radius 2 is 1.17 bits per heavy atom. The summed E-state index contributed by atoms with van der Waals surface area (Å²) in [5, 5.41) is 12.2. The Morgan fingerprint density at radius 3 is 1.61 bits per heavy atom. The molecule has 4 rings (SSSR count). The molecule has 0 saturated carbocycles. The van der Waals surface area contributed by atoms with Crippen LogP contribution in [0, 0.1) is 23.3 Å². The van der Waals surface area contributed by atoms with Crippen molar-refractivity contribution in [3.63, 3.8) is 0 Å². The number of carbonyl (C=O) groups excluding carboxylic acids is 3. The Morgan fingerprint density at radius 1 is 0.714 bits per heavy atom. The molecule has 434 valence electrons. The Labute approximate surface area is 443 Å². The van der Waals surface area contributed by atoms with E-state index in [9.17, 15) is 45.5 Å². The number of nitrogens with zero attached hydrogens (tertiary/aromatic N) is 4. The van der Waals surface area contributed by atoms with Crippen LogP contribution in [0.15, 0.2) is 33.7 Å². The van der Waals surface area contributed by atoms with Crippen molar-refractivity contribution in [2.45, 2.75) is 44.2 Å². The highest BCUT2D eigenvalue weighted by molar-refractivity contribution is 7.85. The molecule has 2 aromatic carbocycles. The number of hydrogen-bond acceptors (Lipinski definition) is 20. The molecular formula is C48H69F4N5O19S. The summed E-state index contributed by atoms with van der Waals surface area (Å²) in [6, 6.07) is 4.72. The van der Waals surface area contributed by atoms with Crippen LogP contribution in [0.3, 0.4) is 0 Å². The first-order valence-electron chi connectivity index (χ1n) is 24.8. The highest BCUT2D eigenvalue weighted by Gasteiger charge is 2.38. The van der Waals surface area contributed by atoms with Gasteiger partial charge in [-0.05, 0) is 31.6 Å². The van der Waals surface area contributed by atoms with Gasteiger partial charge in [-0.25, -0.2) is 23.6 Å². The van der Waals surface area contributed by atoms with Crippen molar-refractivity contribution in [1.82, 2.24) is 9.96 Å². The van der Waals surface area contributed by atoms with Gasteiger partial charge in [0.2, 0.25) is 17.4 Å². The number of amidine groups is 1. The molecule has 2 heterocycles. The largest absolute Gasteiger partial charge is 0.420 e. The zero-order valence-electron chi connectivity index (χ0n) is 43.1. The zero-order chi connectivity index (χ0) is 56.0. The van der Waals surface area contributed by atoms with Gasteiger partial charge >= 0.3 is 22.1 Å². The molecule has 24 nitrogen and oxygen atoms in total. The molecule has 0 radical (unpaired) electrons. The number of rotatable bonds is 41. The highest BCUT2D eigenvalue weighted by Crippen LogP contribution is 2.35. The van der Waals surface area contributed by atoms with Gasteiger partial charge in [-0.1, -0.05) is 13.0 Å². The Balaban J connectivity index is 0.873. The smallest absolute Gasteiger partial charge is 0.326 e. The van der Waals surface area contributed by atoms with Gasteiger partial charge in [0.25, 0.3) is 5.91 Å². The lowest BCUT2D eigenvalue weighted by atomic mass is 10.1. The average Bonchev–Trinajstić information content (AvgIpc) is 3.56. The standard InChI is InChI=1S/C48H69F4N5O19S/c1-3-8-56(75-4-2)47(60)35-30-34-5-6-36(32-37(34)54-38(53)31-35)57-39(58)33-55(48(57)61)9-11-66-13-15-68-17-19-70-21-23-72-25-27-74-29-28-73-26-24-71-22-20-69-18-16-67-14-12-65-10-7-40(59)76-45-41(49)43(51)46(77(62,63)64)44(52)42(45)50/h5-6,30,32,39,58H,3-4,7-29,31,33H2,1-2H3,(H2,53,54)(H,62,63,64). The van der Waals surface area contributed by atoms with Gasteiger partial charge in [0.05, 0.1) is 163 Å². The fourth-order valence-electron chi connectivity index (χ4n) is 7.00. The number of halogens is 4. The normalized spacial score (nSPS) is 14.7. The number of fused-ring (bicyclic) bond motifs is 1. The van der Waals surface area contributed by atoms with Crippen LogP contribution in [0.5, 0.6) is 5.75 Å². The average molecular weight is 1130 g/mol. The molecule has 0 bridgehead atoms. The maximum Gasteiger partial charge on any atom is 0.326 e. The second-order valence-corrected chi connectivity index (χ2v) is 17.7. The maximum absolute atomic E-state index is 14.0. The first-order valence-corrected chi connectivity index (χ1v) is 26.2. The summed E-state index contributed by atoms with van der Waals surface area (Å²) < 4.78 is 145. The number of hydrogen-bond donors (Lipinski definition) is 3. The van der Waals surface area contributed by atoms with Crippen LogP contribution >= 0.6 is 0 Å². The number of carbonyl (C=O) groups is 3. The second-order valence-electron chi connectivity index (χ2n) is 16.3. The van der Waals surface area contributed by atoms with Gasteiger partial charge in [0.15, 0.2) is 22.8 Å². The van der Waals surface area contributed by atoms with E-state index in [1.165, 1.54) is 14.9 Å². The summed E-state index contributed by atoms with van der Waals surface area (Å²) >= 11 is 0. The lowest BCUT2D eigenvalue weighted by Gasteiger charge is -2.22. The van der Waals surface area contributed by atoms with E-state index in [2.05, 4.69) is 9.73 Å². The van der Waals surface area contributed by atoms with Gasteiger partial charge in [-0.15, -0.1) is 0 Å². The van der Waals surface area contributed by atoms with E-state index in [0.29, 0.717) is 128 Å². The van der Waals surface area contributed by atoms with E-state index < -0.39 is 62.7 Å². The molecule has 1 saturated heterocycles. The van der Waals surface area contributed by atoms with Crippen molar-refractivity contribution in [1.29, 1.82) is 0 Å². The van der Waals surface area contributed by atoms with E-state index in [4.69, 9.17) is 62.5 Å². The van der Waals surface area contributed by atoms with E-state index in [-0.39, 0.29) is 76.9 Å². The van der Waals surface area contributed by atoms with Gasteiger partial charge in [0, 0.05) is 30.6 Å². The van der Waals surface area contributed by atoms with E-state index in [0.717, 1.165) is 6.42 Å². The van der Waals surface area contributed by atoms with Crippen LogP contribution in [0.1, 0.15) is 38.7 Å². The van der Waals surface area contributed by atoms with Gasteiger partial charge in [-0.2, -0.15) is 17.2 Å². The molecule has 0 aromatic heterocycles. The molecule has 1 unspecified atom stereocenters. The third kappa shape index (κ3) is 22.3. The van der Waals surface area contributed by atoms with E-state index in [1.807, 2.05) is 13.8 Å². The zero-order valence-corrected chi connectivity index (χ0v) is 43.9. The van der Waals surface area contributed by atoms with Crippen molar-refractivity contribution in [3.8, 4) is 5.75 Å². The first kappa shape index (κ1) is 64.5. The van der Waals surface area contributed by atoms with E-state index in [1.54, 1.807) is 24.3 Å². The molecule has 0 aliphatic carbocycles. The second kappa shape index (κ2) is 35.5. The predicted molar refractivity (Wildman–Crippen MR) is 264 cm³/mol. The summed E-state index contributed by atoms with van der Waals surface area (Å²) in [6.45, 7) is 10.5. The minimum atomic E-state index is -5.65. The van der Waals surface area contributed by atoms with Crippen LogP contribution in [0.25, 0.3) is 6.08 Å². The molecular weight excluding hydrogens is 1060 g/mol. The summed E-state index contributed by atoms with van der Waals surface area (Å²) in [4.78, 5) is 48.9. The quantitative estimate of drug-likeness (QED) is 0.0164. The van der Waals surface area contributed by atoms with Crippen molar-refractivity contribution in [2.24, 2.45) is 10.7 Å². The molecule has 1 fully saturated rings. The Kier molecular flexibility index (Phi) is 29.8. The molecule has 2 aromatic rings. The molecule has 29 heteroatoms. The van der Waals surface area contributed by atoms with Crippen LogP contribution in [0.4, 0.5) is 33.7 Å². The topological polar surface area (TPSA) is 285 Å². The SMILES string of the molecule is CCCN(OCC)C(=O)C1=Cc2ccc(N3C(=O)N(CCOCCOCCOCCOCCOCCOCCOCCOCCOCCOCCC(=O)Oc4c(F)c(F)c(S(=O)(=O)O)c(F)c4F)CC3O)cc2N=C(N)C1. The van der Waals surface area contributed by atoms with E-state index >= 15 is 0 Å². The van der Waals surface area contributed by atoms with Crippen LogP contribution < -0.4 is 15.4 Å². The summed E-state index contributed by atoms with van der Waals surface area (Å²) in [7, 11) is -5.65. The molecule has 2 aliphatic heterocycles. The summed E-state index contributed by atoms with van der Waals surface area (Å²) in [5.74, 6) is -12.7. The number of aliphatic hydroxyl groups excluding tert-OH is 1. The van der Waals surface area contributed by atoms with Crippen LogP contribution in [0.2, 0.25) is 0 Å². The van der Waals surface area contributed by atoms with Crippen LogP contribution in [-0.2, 0) is 71.9 Å². The number of aliphatic hydroxyl groups is 1. The monoisotopic (exact) mass is 1130 g/mol. The summed E-state index contributed by atoms with van der Waals surface area (Å²) in [6.07, 6.45) is 0.907. The lowest BCUT2D eigenvalue weighted by Crippen LogP contribution is -2.35. The number of hydroxylamine groups is 2. The van der Waals surface area contributed by atoms with Crippen molar-refractivity contribution in [2.75, 3.05) is 163 Å². The number of ether oxygens (including phenoxy) is 11. The number of benzene rings is 2. The predicted octanol–water partition coefficient (Wildman–Crippen LogP) is 3.18. The fourth-order valence-corrected chi connectivity index (χ4v) is 7.63.